The van der Waals surface area contributed by atoms with E-state index in [4.69, 9.17) is 0 Å². The maximum atomic E-state index is 12.3. The van der Waals surface area contributed by atoms with Crippen LogP contribution < -0.4 is 10.2 Å². The fourth-order valence-corrected chi connectivity index (χ4v) is 3.62. The van der Waals surface area contributed by atoms with Crippen molar-refractivity contribution < 1.29 is 4.79 Å². The van der Waals surface area contributed by atoms with E-state index in [1.807, 2.05) is 34.9 Å². The van der Waals surface area contributed by atoms with E-state index in [9.17, 15) is 4.79 Å². The Bertz CT molecular complexity index is 894. The molecule has 0 spiro atoms. The minimum Gasteiger partial charge on any atom is -0.356 e. The fourth-order valence-electron chi connectivity index (χ4n) is 3.62. The van der Waals surface area contributed by atoms with E-state index >= 15 is 0 Å². The second-order valence-electron chi connectivity index (χ2n) is 6.98. The average Bonchev–Trinajstić information content (AvgIpc) is 3.15. The number of aromatic nitrogens is 4. The number of aryl methyl sites for hydroxylation is 1. The van der Waals surface area contributed by atoms with E-state index in [1.165, 1.54) is 0 Å². The van der Waals surface area contributed by atoms with Crippen LogP contribution in [0.1, 0.15) is 19.3 Å². The van der Waals surface area contributed by atoms with Gasteiger partial charge in [-0.15, -0.1) is 0 Å². The highest BCUT2D eigenvalue weighted by Gasteiger charge is 2.22. The van der Waals surface area contributed by atoms with Crippen LogP contribution >= 0.6 is 0 Å². The Morgan fingerprint density at radius 3 is 2.89 bits per heavy atom. The van der Waals surface area contributed by atoms with Gasteiger partial charge in [0.25, 0.3) is 0 Å². The monoisotopic (exact) mass is 364 g/mol. The van der Waals surface area contributed by atoms with Crippen molar-refractivity contribution in [3.63, 3.8) is 0 Å². The molecule has 0 aliphatic carbocycles. The van der Waals surface area contributed by atoms with E-state index in [-0.39, 0.29) is 5.91 Å². The van der Waals surface area contributed by atoms with Gasteiger partial charge in [0.05, 0.1) is 17.4 Å². The number of benzene rings is 1. The second-order valence-corrected chi connectivity index (χ2v) is 6.98. The number of anilines is 1. The molecular formula is C20H24N6O. The van der Waals surface area contributed by atoms with E-state index in [0.29, 0.717) is 25.4 Å². The van der Waals surface area contributed by atoms with Crippen LogP contribution in [0.25, 0.3) is 11.0 Å². The van der Waals surface area contributed by atoms with Crippen molar-refractivity contribution in [2.24, 2.45) is 5.92 Å². The van der Waals surface area contributed by atoms with E-state index in [2.05, 4.69) is 25.2 Å². The SMILES string of the molecule is O=C(CCn1cnc2ccccc21)NCC1CCCN(c2ncccn2)C1. The minimum atomic E-state index is 0.0841. The minimum absolute atomic E-state index is 0.0841. The number of nitrogens with one attached hydrogen (secondary N) is 1. The molecule has 1 unspecified atom stereocenters. The first kappa shape index (κ1) is 17.5. The lowest BCUT2D eigenvalue weighted by Gasteiger charge is -2.32. The average molecular weight is 364 g/mol. The molecule has 0 bridgehead atoms. The highest BCUT2D eigenvalue weighted by atomic mass is 16.1. The molecule has 27 heavy (non-hydrogen) atoms. The molecular weight excluding hydrogens is 340 g/mol. The smallest absolute Gasteiger partial charge is 0.225 e. The third-order valence-corrected chi connectivity index (χ3v) is 5.05. The molecule has 3 aromatic rings. The van der Waals surface area contributed by atoms with Gasteiger partial charge in [-0.3, -0.25) is 4.79 Å². The van der Waals surface area contributed by atoms with Crippen molar-refractivity contribution in [2.75, 3.05) is 24.5 Å². The van der Waals surface area contributed by atoms with E-state index in [1.54, 1.807) is 18.7 Å². The van der Waals surface area contributed by atoms with Gasteiger partial charge in [0, 0.05) is 45.0 Å². The molecule has 2 aromatic heterocycles. The first-order valence-corrected chi connectivity index (χ1v) is 9.48. The molecule has 7 nitrogen and oxygen atoms in total. The maximum absolute atomic E-state index is 12.3. The van der Waals surface area contributed by atoms with Gasteiger partial charge < -0.3 is 14.8 Å². The summed E-state index contributed by atoms with van der Waals surface area (Å²) < 4.78 is 2.03. The van der Waals surface area contributed by atoms with Gasteiger partial charge in [0.15, 0.2) is 0 Å². The number of imidazole rings is 1. The molecule has 7 heteroatoms. The van der Waals surface area contributed by atoms with Crippen molar-refractivity contribution in [1.29, 1.82) is 0 Å². The van der Waals surface area contributed by atoms with E-state index in [0.717, 1.165) is 42.9 Å². The molecule has 0 radical (unpaired) electrons. The Labute approximate surface area is 158 Å². The van der Waals surface area contributed by atoms with Crippen LogP contribution in [0.4, 0.5) is 5.95 Å². The third-order valence-electron chi connectivity index (χ3n) is 5.05. The lowest BCUT2D eigenvalue weighted by molar-refractivity contribution is -0.121. The van der Waals surface area contributed by atoms with Crippen LogP contribution in [-0.2, 0) is 11.3 Å². The number of piperidine rings is 1. The summed E-state index contributed by atoms with van der Waals surface area (Å²) in [5.74, 6) is 1.29. The lowest BCUT2D eigenvalue weighted by Crippen LogP contribution is -2.41. The number of carbonyl (C=O) groups is 1. The second kappa shape index (κ2) is 8.16. The first-order valence-electron chi connectivity index (χ1n) is 9.48. The maximum Gasteiger partial charge on any atom is 0.225 e. The third kappa shape index (κ3) is 4.24. The van der Waals surface area contributed by atoms with E-state index < -0.39 is 0 Å². The summed E-state index contributed by atoms with van der Waals surface area (Å²) in [6, 6.07) is 9.81. The van der Waals surface area contributed by atoms with Crippen molar-refractivity contribution in [3.05, 3.63) is 49.1 Å². The quantitative estimate of drug-likeness (QED) is 0.726. The van der Waals surface area contributed by atoms with Gasteiger partial charge in [-0.25, -0.2) is 15.0 Å². The normalized spacial score (nSPS) is 17.2. The molecule has 1 aromatic carbocycles. The standard InChI is InChI=1S/C20H24N6O/c27-19(8-12-26-15-24-17-6-1-2-7-18(17)26)23-13-16-5-3-11-25(14-16)20-21-9-4-10-22-20/h1-2,4,6-7,9-10,15-16H,3,5,8,11-14H2,(H,23,27). The van der Waals surface area contributed by atoms with Gasteiger partial charge in [0.2, 0.25) is 11.9 Å². The topological polar surface area (TPSA) is 75.9 Å². The number of hydrogen-bond donors (Lipinski definition) is 1. The molecule has 140 valence electrons. The van der Waals surface area contributed by atoms with Gasteiger partial charge in [-0.05, 0) is 37.0 Å². The Balaban J connectivity index is 1.25. The first-order chi connectivity index (χ1) is 13.3. The molecule has 1 N–H and O–H groups in total. The number of fused-ring (bicyclic) bond motifs is 1. The summed E-state index contributed by atoms with van der Waals surface area (Å²) >= 11 is 0. The molecule has 1 aliphatic heterocycles. The number of rotatable bonds is 6. The van der Waals surface area contributed by atoms with Crippen molar-refractivity contribution in [3.8, 4) is 0 Å². The summed E-state index contributed by atoms with van der Waals surface area (Å²) in [5, 5.41) is 3.09. The number of carbonyl (C=O) groups excluding carboxylic acids is 1. The fraction of sp³-hybridized carbons (Fsp3) is 0.400. The Morgan fingerprint density at radius 2 is 2.00 bits per heavy atom. The van der Waals surface area contributed by atoms with Crippen molar-refractivity contribution in [1.82, 2.24) is 24.8 Å². The molecule has 0 saturated carbocycles. The van der Waals surface area contributed by atoms with Gasteiger partial charge in [0.1, 0.15) is 0 Å². The van der Waals surface area contributed by atoms with Crippen molar-refractivity contribution in [2.45, 2.75) is 25.8 Å². The molecule has 1 fully saturated rings. The zero-order valence-corrected chi connectivity index (χ0v) is 15.3. The summed E-state index contributed by atoms with van der Waals surface area (Å²) in [5.41, 5.74) is 2.03. The summed E-state index contributed by atoms with van der Waals surface area (Å²) in [6.45, 7) is 3.20. The van der Waals surface area contributed by atoms with Crippen LogP contribution in [0, 0.1) is 5.92 Å². The van der Waals surface area contributed by atoms with Crippen LogP contribution in [0.2, 0.25) is 0 Å². The largest absolute Gasteiger partial charge is 0.356 e. The van der Waals surface area contributed by atoms with Crippen LogP contribution in [0.3, 0.4) is 0 Å². The molecule has 1 amide bonds. The summed E-state index contributed by atoms with van der Waals surface area (Å²) in [7, 11) is 0. The Kier molecular flexibility index (Phi) is 5.27. The van der Waals surface area contributed by atoms with Crippen LogP contribution in [-0.4, -0.2) is 45.1 Å². The number of amides is 1. The summed E-state index contributed by atoms with van der Waals surface area (Å²) in [6.07, 6.45) is 8.02. The number of hydrogen-bond acceptors (Lipinski definition) is 5. The Morgan fingerprint density at radius 1 is 1.15 bits per heavy atom. The molecule has 1 saturated heterocycles. The highest BCUT2D eigenvalue weighted by molar-refractivity contribution is 5.77. The predicted octanol–water partition coefficient (Wildman–Crippen LogP) is 2.25. The Hall–Kier alpha value is -2.96. The lowest BCUT2D eigenvalue weighted by atomic mass is 9.98. The van der Waals surface area contributed by atoms with Crippen molar-refractivity contribution >= 4 is 22.9 Å². The number of para-hydroxylation sites is 2. The predicted molar refractivity (Wildman–Crippen MR) is 104 cm³/mol. The van der Waals surface area contributed by atoms with Gasteiger partial charge >= 0.3 is 0 Å². The molecule has 3 heterocycles. The zero-order valence-electron chi connectivity index (χ0n) is 15.3. The highest BCUT2D eigenvalue weighted by Crippen LogP contribution is 2.19. The van der Waals surface area contributed by atoms with Crippen LogP contribution in [0.5, 0.6) is 0 Å². The zero-order chi connectivity index (χ0) is 18.5. The van der Waals surface area contributed by atoms with Gasteiger partial charge in [-0.1, -0.05) is 12.1 Å². The van der Waals surface area contributed by atoms with Gasteiger partial charge in [-0.2, -0.15) is 0 Å². The number of nitrogens with zero attached hydrogens (tertiary/aromatic N) is 5. The van der Waals surface area contributed by atoms with Crippen LogP contribution in [0.15, 0.2) is 49.1 Å². The molecule has 1 atom stereocenters. The summed E-state index contributed by atoms with van der Waals surface area (Å²) in [4.78, 5) is 27.5. The molecule has 1 aliphatic rings. The molecule has 4 rings (SSSR count).